The molecule has 4 rings (SSSR count). The predicted molar refractivity (Wildman–Crippen MR) is 86.5 cm³/mol. The van der Waals surface area contributed by atoms with Crippen LogP contribution in [0.25, 0.3) is 10.2 Å². The molecule has 1 fully saturated rings. The number of hydrogen-bond donors (Lipinski definition) is 1. The average Bonchev–Trinajstić information content (AvgIpc) is 3.14. The summed E-state index contributed by atoms with van der Waals surface area (Å²) in [6.45, 7) is 4.96. The summed E-state index contributed by atoms with van der Waals surface area (Å²) in [7, 11) is 0. The molecule has 0 spiro atoms. The summed E-state index contributed by atoms with van der Waals surface area (Å²) in [6, 6.07) is 0.196. The van der Waals surface area contributed by atoms with Crippen molar-refractivity contribution in [1.82, 2.24) is 14.9 Å². The average molecular weight is 317 g/mol. The highest BCUT2D eigenvalue weighted by Gasteiger charge is 2.33. The normalized spacial score (nSPS) is 24.2. The predicted octanol–water partition coefficient (Wildman–Crippen LogP) is 2.34. The van der Waals surface area contributed by atoms with Crippen molar-refractivity contribution in [2.75, 3.05) is 6.54 Å². The number of H-pyrrole nitrogens is 1. The van der Waals surface area contributed by atoms with Crippen LogP contribution >= 0.6 is 11.3 Å². The highest BCUT2D eigenvalue weighted by atomic mass is 32.1. The van der Waals surface area contributed by atoms with E-state index in [0.717, 1.165) is 42.6 Å². The van der Waals surface area contributed by atoms with Gasteiger partial charge in [-0.25, -0.2) is 4.98 Å². The number of hydrogen-bond acceptors (Lipinski definition) is 4. The van der Waals surface area contributed by atoms with Crippen LogP contribution in [0.5, 0.6) is 0 Å². The van der Waals surface area contributed by atoms with E-state index in [-0.39, 0.29) is 23.3 Å². The molecule has 1 aliphatic carbocycles. The lowest BCUT2D eigenvalue weighted by atomic mass is 10.1. The number of aromatic amines is 1. The van der Waals surface area contributed by atoms with Gasteiger partial charge in [-0.1, -0.05) is 6.92 Å². The number of nitrogens with zero attached hydrogens (tertiary/aromatic N) is 2. The zero-order valence-corrected chi connectivity index (χ0v) is 13.6. The van der Waals surface area contributed by atoms with Gasteiger partial charge in [-0.2, -0.15) is 0 Å². The van der Waals surface area contributed by atoms with Crippen molar-refractivity contribution in [3.8, 4) is 0 Å². The van der Waals surface area contributed by atoms with Crippen LogP contribution in [-0.4, -0.2) is 33.4 Å². The topological polar surface area (TPSA) is 66.1 Å². The summed E-state index contributed by atoms with van der Waals surface area (Å²) >= 11 is 1.57. The smallest absolute Gasteiger partial charge is 0.290 e. The number of aromatic nitrogens is 2. The van der Waals surface area contributed by atoms with Crippen LogP contribution in [0, 0.1) is 5.92 Å². The number of fused-ring (bicyclic) bond motifs is 3. The van der Waals surface area contributed by atoms with Crippen molar-refractivity contribution >= 4 is 27.5 Å². The van der Waals surface area contributed by atoms with E-state index in [1.54, 1.807) is 11.3 Å². The third-order valence-electron chi connectivity index (χ3n) is 5.18. The number of rotatable bonds is 1. The Hall–Kier alpha value is -1.69. The van der Waals surface area contributed by atoms with Crippen LogP contribution in [0.3, 0.4) is 0 Å². The molecule has 116 valence electrons. The van der Waals surface area contributed by atoms with Crippen molar-refractivity contribution in [2.45, 2.75) is 45.6 Å². The van der Waals surface area contributed by atoms with Crippen LogP contribution in [0.1, 0.15) is 47.7 Å². The van der Waals surface area contributed by atoms with E-state index in [1.165, 1.54) is 4.88 Å². The summed E-state index contributed by atoms with van der Waals surface area (Å²) in [5.41, 5.74) is 0.989. The zero-order valence-electron chi connectivity index (χ0n) is 12.8. The van der Waals surface area contributed by atoms with Crippen LogP contribution in [0.4, 0.5) is 0 Å². The maximum Gasteiger partial charge on any atom is 0.290 e. The number of aryl methyl sites for hydroxylation is 2. The van der Waals surface area contributed by atoms with Gasteiger partial charge in [-0.05, 0) is 44.1 Å². The fourth-order valence-corrected chi connectivity index (χ4v) is 4.88. The van der Waals surface area contributed by atoms with E-state index in [1.807, 2.05) is 4.90 Å². The summed E-state index contributed by atoms with van der Waals surface area (Å²) in [5.74, 6) is 0.535. The van der Waals surface area contributed by atoms with Crippen molar-refractivity contribution in [1.29, 1.82) is 0 Å². The Bertz CT molecular complexity index is 823. The van der Waals surface area contributed by atoms with Gasteiger partial charge in [0.2, 0.25) is 5.82 Å². The Morgan fingerprint density at radius 1 is 1.36 bits per heavy atom. The van der Waals surface area contributed by atoms with Gasteiger partial charge < -0.3 is 9.88 Å². The third-order valence-corrected chi connectivity index (χ3v) is 6.36. The Balaban J connectivity index is 1.77. The van der Waals surface area contributed by atoms with Crippen LogP contribution in [-0.2, 0) is 12.8 Å². The molecular formula is C16H19N3O2S. The van der Waals surface area contributed by atoms with Crippen molar-refractivity contribution < 1.29 is 4.79 Å². The summed E-state index contributed by atoms with van der Waals surface area (Å²) in [4.78, 5) is 36.1. The van der Waals surface area contributed by atoms with Crippen LogP contribution in [0.2, 0.25) is 0 Å². The van der Waals surface area contributed by atoms with Gasteiger partial charge in [0.25, 0.3) is 11.5 Å². The van der Waals surface area contributed by atoms with Crippen LogP contribution in [0.15, 0.2) is 4.79 Å². The number of carbonyl (C=O) groups excluding carboxylic acids is 1. The van der Waals surface area contributed by atoms with Crippen molar-refractivity contribution in [2.24, 2.45) is 5.92 Å². The molecule has 2 atom stereocenters. The lowest BCUT2D eigenvalue weighted by Gasteiger charge is -2.22. The SMILES string of the molecule is CC1CCN(C(=O)c2nc3sc4c(c3c(=O)[nH]2)CCC4)C1C. The monoisotopic (exact) mass is 317 g/mol. The van der Waals surface area contributed by atoms with E-state index >= 15 is 0 Å². The minimum Gasteiger partial charge on any atom is -0.333 e. The molecular weight excluding hydrogens is 298 g/mol. The fourth-order valence-electron chi connectivity index (χ4n) is 3.62. The van der Waals surface area contributed by atoms with Gasteiger partial charge in [-0.3, -0.25) is 9.59 Å². The van der Waals surface area contributed by atoms with Crippen molar-refractivity contribution in [3.05, 3.63) is 26.6 Å². The Morgan fingerprint density at radius 2 is 2.18 bits per heavy atom. The lowest BCUT2D eigenvalue weighted by molar-refractivity contribution is 0.0722. The Morgan fingerprint density at radius 3 is 2.91 bits per heavy atom. The van der Waals surface area contributed by atoms with Gasteiger partial charge in [-0.15, -0.1) is 11.3 Å². The van der Waals surface area contributed by atoms with Gasteiger partial charge in [0, 0.05) is 17.5 Å². The molecule has 1 amide bonds. The molecule has 1 saturated heterocycles. The second-order valence-electron chi connectivity index (χ2n) is 6.46. The minimum absolute atomic E-state index is 0.149. The summed E-state index contributed by atoms with van der Waals surface area (Å²) in [6.07, 6.45) is 4.10. The standard InChI is InChI=1S/C16H19N3O2S/c1-8-6-7-19(9(8)2)16(21)13-17-14(20)12-10-4-3-5-11(10)22-15(12)18-13/h8-9H,3-7H2,1-2H3,(H,17,18,20). The van der Waals surface area contributed by atoms with Gasteiger partial charge in [0.1, 0.15) is 4.83 Å². The molecule has 0 saturated carbocycles. The largest absolute Gasteiger partial charge is 0.333 e. The molecule has 6 heteroatoms. The molecule has 0 bridgehead atoms. The number of carbonyl (C=O) groups is 1. The first-order chi connectivity index (χ1) is 10.6. The molecule has 0 radical (unpaired) electrons. The maximum atomic E-state index is 12.7. The number of nitrogens with one attached hydrogen (secondary N) is 1. The quantitative estimate of drug-likeness (QED) is 0.878. The first-order valence-electron chi connectivity index (χ1n) is 7.92. The second kappa shape index (κ2) is 4.91. The lowest BCUT2D eigenvalue weighted by Crippen LogP contribution is -2.37. The molecule has 1 N–H and O–H groups in total. The van der Waals surface area contributed by atoms with E-state index < -0.39 is 0 Å². The molecule has 2 aromatic rings. The molecule has 2 aromatic heterocycles. The van der Waals surface area contributed by atoms with Gasteiger partial charge in [0.05, 0.1) is 5.39 Å². The van der Waals surface area contributed by atoms with E-state index in [4.69, 9.17) is 0 Å². The molecule has 0 aromatic carbocycles. The number of thiophene rings is 1. The summed E-state index contributed by atoms with van der Waals surface area (Å²) in [5, 5.41) is 0.705. The fraction of sp³-hybridized carbons (Fsp3) is 0.562. The summed E-state index contributed by atoms with van der Waals surface area (Å²) < 4.78 is 0. The highest BCUT2D eigenvalue weighted by Crippen LogP contribution is 2.34. The second-order valence-corrected chi connectivity index (χ2v) is 7.54. The molecule has 1 aliphatic heterocycles. The van der Waals surface area contributed by atoms with Crippen LogP contribution < -0.4 is 5.56 Å². The van der Waals surface area contributed by atoms with Gasteiger partial charge in [0.15, 0.2) is 0 Å². The Labute approximate surface area is 132 Å². The number of amides is 1. The molecule has 2 unspecified atom stereocenters. The molecule has 22 heavy (non-hydrogen) atoms. The van der Waals surface area contributed by atoms with Crippen molar-refractivity contribution in [3.63, 3.8) is 0 Å². The molecule has 5 nitrogen and oxygen atoms in total. The first-order valence-corrected chi connectivity index (χ1v) is 8.73. The minimum atomic E-state index is -0.160. The van der Waals surface area contributed by atoms with E-state index in [0.29, 0.717) is 11.3 Å². The molecule has 3 heterocycles. The van der Waals surface area contributed by atoms with E-state index in [2.05, 4.69) is 23.8 Å². The van der Waals surface area contributed by atoms with E-state index in [9.17, 15) is 9.59 Å². The Kier molecular flexibility index (Phi) is 3.11. The maximum absolute atomic E-state index is 12.7. The van der Waals surface area contributed by atoms with Gasteiger partial charge >= 0.3 is 0 Å². The highest BCUT2D eigenvalue weighted by molar-refractivity contribution is 7.18. The zero-order chi connectivity index (χ0) is 15.4. The molecule has 2 aliphatic rings. The number of likely N-dealkylation sites (tertiary alicyclic amines) is 1. The third kappa shape index (κ3) is 1.93. The first kappa shape index (κ1) is 13.9.